The smallest absolute Gasteiger partial charge is 0.351 e. The Bertz CT molecular complexity index is 3190. The molecule has 1 N–H and O–H groups in total. The Balaban J connectivity index is 1.21. The zero-order valence-corrected chi connectivity index (χ0v) is 75.6. The summed E-state index contributed by atoms with van der Waals surface area (Å²) in [5.74, 6) is 2.65. The normalized spacial score (nSPS) is 14.5. The number of ether oxygens (including phenoxy) is 7. The van der Waals surface area contributed by atoms with Crippen molar-refractivity contribution in [2.75, 3.05) is 46.0 Å². The summed E-state index contributed by atoms with van der Waals surface area (Å²) >= 11 is 0. The maximum absolute atomic E-state index is 14.9. The Hall–Kier alpha value is -5.71. The molecule has 115 heavy (non-hydrogen) atoms. The van der Waals surface area contributed by atoms with Gasteiger partial charge in [0.2, 0.25) is 5.75 Å². The van der Waals surface area contributed by atoms with E-state index in [1.165, 1.54) is 274 Å². The third-order valence-corrected chi connectivity index (χ3v) is 28.3. The zero-order valence-electron chi connectivity index (χ0n) is 74.6. The minimum absolute atomic E-state index is 0.0621. The molecule has 0 unspecified atom stereocenters. The lowest BCUT2D eigenvalue weighted by Gasteiger charge is -2.42. The molecular formula is C100H163N3O11Si. The summed E-state index contributed by atoms with van der Waals surface area (Å²) in [6.07, 6.45) is 61.9. The van der Waals surface area contributed by atoms with Gasteiger partial charge >= 0.3 is 14.3 Å². The van der Waals surface area contributed by atoms with Gasteiger partial charge in [0, 0.05) is 24.3 Å². The topological polar surface area (TPSA) is 147 Å². The minimum atomic E-state index is -3.04. The van der Waals surface area contributed by atoms with Crippen molar-refractivity contribution in [3.05, 3.63) is 136 Å². The molecule has 1 saturated heterocycles. The number of unbranched alkanes of at least 4 members (excludes halogenated alkanes) is 45. The van der Waals surface area contributed by atoms with E-state index in [9.17, 15) is 9.59 Å². The van der Waals surface area contributed by atoms with Gasteiger partial charge in [0.15, 0.2) is 11.5 Å². The van der Waals surface area contributed by atoms with Crippen LogP contribution in [0.25, 0.3) is 0 Å². The highest BCUT2D eigenvalue weighted by molar-refractivity contribution is 6.70. The zero-order chi connectivity index (χ0) is 82.2. The van der Waals surface area contributed by atoms with Crippen LogP contribution < -0.4 is 34.7 Å². The summed E-state index contributed by atoms with van der Waals surface area (Å²) in [5.41, 5.74) is 1.38. The van der Waals surface area contributed by atoms with E-state index < -0.39 is 44.2 Å². The molecule has 1 aromatic heterocycles. The largest absolute Gasteiger partial charge is 0.497 e. The van der Waals surface area contributed by atoms with Gasteiger partial charge in [0.25, 0.3) is 5.91 Å². The third kappa shape index (κ3) is 36.8. The summed E-state index contributed by atoms with van der Waals surface area (Å²) in [6, 6.07) is 31.4. The van der Waals surface area contributed by atoms with Gasteiger partial charge in [-0.05, 0) is 103 Å². The highest BCUT2D eigenvalue weighted by atomic mass is 28.4. The van der Waals surface area contributed by atoms with Gasteiger partial charge in [-0.1, -0.05) is 392 Å². The molecule has 1 fully saturated rings. The van der Waals surface area contributed by atoms with Crippen LogP contribution in [0.4, 0.5) is 5.82 Å². The van der Waals surface area contributed by atoms with Crippen molar-refractivity contribution < 1.29 is 46.8 Å². The maximum Gasteiger partial charge on any atom is 0.351 e. The number of hydrogen-bond donors (Lipinski definition) is 1. The summed E-state index contributed by atoms with van der Waals surface area (Å²) < 4.78 is 62.3. The number of benzene rings is 4. The Morgan fingerprint density at radius 1 is 0.470 bits per heavy atom. The van der Waals surface area contributed by atoms with Crippen LogP contribution in [0.1, 0.15) is 410 Å². The second-order valence-corrected chi connectivity index (χ2v) is 38.5. The number of hydrogen-bond acceptors (Lipinski definition) is 12. The van der Waals surface area contributed by atoms with E-state index in [0.29, 0.717) is 60.6 Å². The first-order chi connectivity index (χ1) is 56.2. The van der Waals surface area contributed by atoms with E-state index in [1.54, 1.807) is 38.6 Å². The van der Waals surface area contributed by atoms with E-state index in [0.717, 1.165) is 55.2 Å². The lowest BCUT2D eigenvalue weighted by atomic mass is 9.80. The van der Waals surface area contributed by atoms with E-state index >= 15 is 0 Å². The van der Waals surface area contributed by atoms with Crippen LogP contribution in [0.5, 0.6) is 28.7 Å². The highest BCUT2D eigenvalue weighted by Crippen LogP contribution is 2.46. The molecule has 1 amide bonds. The molecule has 4 aromatic carbocycles. The van der Waals surface area contributed by atoms with Crippen molar-refractivity contribution >= 4 is 20.3 Å². The Morgan fingerprint density at radius 2 is 0.817 bits per heavy atom. The summed E-state index contributed by atoms with van der Waals surface area (Å²) in [5, 5.41) is 3.01. The quantitative estimate of drug-likeness (QED) is 0.0224. The predicted octanol–water partition coefficient (Wildman–Crippen LogP) is 28.8. The standard InChI is InChI=1S/C100H163N3O11Si/c1-12-15-18-21-24-27-30-33-36-39-42-45-48-51-54-60-75-108-92-78-85(79-93(109-76-61-55-52-49-46-43-40-37-34-31-28-25-22-19-16-13-2)97(92)110-77-62-56-53-50-47-44-41-38-35-32-29-26-23-20-17-14-3)98(104)101-95-73-74-103(99(105)102-95)96-80-91(114-115(83(6)7,84(8)9)113-82(4)5)94(112-96)81-111-100(86-63-58-57-59-64-86,87-65-69-89(106-10)70-66-87)88-67-71-90(107-11)72-68-88/h57-59,63-74,78-79,82-84,91,94,96H,12-56,60-62,75-77,80-81H2,1-11H3,(H,101,102,104,105)/t91-,94+,96+/m0/s1. The van der Waals surface area contributed by atoms with Crippen molar-refractivity contribution in [2.45, 2.75) is 418 Å². The number of carbonyl (C=O) groups is 1. The Morgan fingerprint density at radius 3 is 1.16 bits per heavy atom. The number of amides is 1. The van der Waals surface area contributed by atoms with E-state index in [1.807, 2.05) is 66.7 Å². The number of nitrogens with one attached hydrogen (secondary N) is 1. The number of nitrogens with zero attached hydrogens (tertiary/aromatic N) is 2. The number of aromatic nitrogens is 2. The van der Waals surface area contributed by atoms with E-state index in [-0.39, 0.29) is 29.6 Å². The molecule has 0 bridgehead atoms. The molecule has 3 atom stereocenters. The molecule has 0 aliphatic carbocycles. The second kappa shape index (κ2) is 59.9. The van der Waals surface area contributed by atoms with Crippen LogP contribution in [0.15, 0.2) is 108 Å². The average Bonchev–Trinajstić information content (AvgIpc) is 1.20. The monoisotopic (exact) mass is 1610 g/mol. The van der Waals surface area contributed by atoms with Crippen LogP contribution in [0, 0.1) is 0 Å². The van der Waals surface area contributed by atoms with Crippen molar-refractivity contribution in [3.63, 3.8) is 0 Å². The molecule has 0 spiro atoms. The van der Waals surface area contributed by atoms with Gasteiger partial charge in [-0.2, -0.15) is 4.98 Å². The van der Waals surface area contributed by atoms with Gasteiger partial charge in [0.05, 0.1) is 46.8 Å². The molecular weight excluding hydrogens is 1450 g/mol. The molecule has 6 rings (SSSR count). The summed E-state index contributed by atoms with van der Waals surface area (Å²) in [6.45, 7) is 21.3. The number of rotatable bonds is 71. The fourth-order valence-electron chi connectivity index (χ4n) is 16.7. The van der Waals surface area contributed by atoms with Crippen molar-refractivity contribution in [2.24, 2.45) is 0 Å². The SMILES string of the molecule is CCCCCCCCCCCCCCCCCCOc1cc(C(=O)Nc2ccn([C@H]3C[C@H](O[Si](OC(C)C)(C(C)C)C(C)C)[C@@H](COC(c4ccccc4)(c4ccc(OC)cc4)c4ccc(OC)cc4)O3)c(=O)n2)cc(OCCCCCCCCCCCCCCCCCC)c1OCCCCCCCCCCCCCCCCCC. The second-order valence-electron chi connectivity index (χ2n) is 34.2. The third-order valence-electron chi connectivity index (χ3n) is 23.6. The molecule has 5 aromatic rings. The molecule has 1 aliphatic heterocycles. The van der Waals surface area contributed by atoms with Crippen LogP contribution in [0.3, 0.4) is 0 Å². The fourth-order valence-corrected chi connectivity index (χ4v) is 20.6. The molecule has 2 heterocycles. The minimum Gasteiger partial charge on any atom is -0.497 e. The predicted molar refractivity (Wildman–Crippen MR) is 482 cm³/mol. The van der Waals surface area contributed by atoms with Crippen LogP contribution in [-0.2, 0) is 23.9 Å². The molecule has 1 aliphatic rings. The number of methoxy groups -OCH3 is 2. The highest BCUT2D eigenvalue weighted by Gasteiger charge is 2.52. The Kier molecular flexibility index (Phi) is 51.1. The van der Waals surface area contributed by atoms with Crippen LogP contribution in [0.2, 0.25) is 11.1 Å². The first-order valence-corrected chi connectivity index (χ1v) is 49.2. The molecule has 14 nitrogen and oxygen atoms in total. The van der Waals surface area contributed by atoms with Crippen molar-refractivity contribution in [1.82, 2.24) is 9.55 Å². The lowest BCUT2D eigenvalue weighted by Crippen LogP contribution is -2.53. The average molecular weight is 1610 g/mol. The first kappa shape index (κ1) is 98.1. The fraction of sp³-hybridized carbons (Fsp3) is 0.710. The van der Waals surface area contributed by atoms with E-state index in [4.69, 9.17) is 42.0 Å². The number of carbonyl (C=O) groups excluding carboxylic acids is 1. The lowest BCUT2D eigenvalue weighted by molar-refractivity contribution is -0.0957. The van der Waals surface area contributed by atoms with Crippen LogP contribution >= 0.6 is 0 Å². The molecule has 15 heteroatoms. The van der Waals surface area contributed by atoms with Gasteiger partial charge in [-0.25, -0.2) is 4.79 Å². The summed E-state index contributed by atoms with van der Waals surface area (Å²) in [4.78, 5) is 34.2. The Labute approximate surface area is 701 Å². The maximum atomic E-state index is 14.9. The van der Waals surface area contributed by atoms with Crippen LogP contribution in [-0.4, -0.2) is 83.0 Å². The van der Waals surface area contributed by atoms with Crippen molar-refractivity contribution in [3.8, 4) is 28.7 Å². The molecule has 0 saturated carbocycles. The van der Waals surface area contributed by atoms with Gasteiger partial charge < -0.3 is 47.3 Å². The van der Waals surface area contributed by atoms with Crippen molar-refractivity contribution in [1.29, 1.82) is 0 Å². The summed E-state index contributed by atoms with van der Waals surface area (Å²) in [7, 11) is 0.287. The molecule has 0 radical (unpaired) electrons. The molecule has 648 valence electrons. The van der Waals surface area contributed by atoms with Gasteiger partial charge in [-0.3, -0.25) is 9.36 Å². The van der Waals surface area contributed by atoms with Gasteiger partial charge in [-0.15, -0.1) is 0 Å². The number of anilines is 1. The first-order valence-electron chi connectivity index (χ1n) is 47.2. The van der Waals surface area contributed by atoms with Gasteiger partial charge in [0.1, 0.15) is 35.2 Å². The van der Waals surface area contributed by atoms with E-state index in [2.05, 4.69) is 84.7 Å².